The van der Waals surface area contributed by atoms with Gasteiger partial charge in [-0.25, -0.2) is 0 Å². The van der Waals surface area contributed by atoms with Crippen LogP contribution in [0, 0.1) is 13.8 Å². The van der Waals surface area contributed by atoms with E-state index in [-0.39, 0.29) is 0 Å². The van der Waals surface area contributed by atoms with Crippen LogP contribution in [0.15, 0.2) is 182 Å². The van der Waals surface area contributed by atoms with Crippen molar-refractivity contribution in [3.63, 3.8) is 0 Å². The lowest BCUT2D eigenvalue weighted by atomic mass is 9.83. The van der Waals surface area contributed by atoms with Crippen LogP contribution in [0.2, 0.25) is 0 Å². The topological polar surface area (TPSA) is 0 Å². The molecule has 0 aliphatic rings. The largest absolute Gasteiger partial charge is 0.0616 e. The minimum absolute atomic E-state index is 1.21. The summed E-state index contributed by atoms with van der Waals surface area (Å²) in [6.45, 7) is 4.42. The highest BCUT2D eigenvalue weighted by Crippen LogP contribution is 2.47. The van der Waals surface area contributed by atoms with E-state index >= 15 is 0 Å². The Balaban J connectivity index is 1.19. The minimum atomic E-state index is 1.21. The Morgan fingerprint density at radius 1 is 0.269 bits per heavy atom. The summed E-state index contributed by atoms with van der Waals surface area (Å²) in [5, 5.41) is 12.8. The van der Waals surface area contributed by atoms with Crippen molar-refractivity contribution < 1.29 is 0 Å². The van der Waals surface area contributed by atoms with Gasteiger partial charge in [-0.1, -0.05) is 169 Å². The quantitative estimate of drug-likeness (QED) is 0.130. The second-order valence-electron chi connectivity index (χ2n) is 14.2. The number of benzene rings is 10. The fraction of sp³-hybridized carbons (Fsp3) is 0.0385. The molecule has 0 fully saturated rings. The summed E-state index contributed by atoms with van der Waals surface area (Å²) in [6, 6.07) is 67.5. The first kappa shape index (κ1) is 30.3. The van der Waals surface area contributed by atoms with E-state index in [1.54, 1.807) is 0 Å². The average Bonchev–Trinajstić information content (AvgIpc) is 3.20. The Labute approximate surface area is 304 Å². The smallest absolute Gasteiger partial charge is 0.00199 e. The molecule has 10 aromatic rings. The molecule has 0 heterocycles. The number of fused-ring (bicyclic) bond motifs is 6. The maximum atomic E-state index is 2.43. The van der Waals surface area contributed by atoms with Gasteiger partial charge in [-0.15, -0.1) is 0 Å². The van der Waals surface area contributed by atoms with Crippen LogP contribution in [-0.4, -0.2) is 0 Å². The summed E-state index contributed by atoms with van der Waals surface area (Å²) in [5.41, 5.74) is 12.7. The molecule has 0 atom stereocenters. The number of rotatable bonds is 4. The Morgan fingerprint density at radius 3 is 1.38 bits per heavy atom. The normalized spacial score (nSPS) is 11.7. The van der Waals surface area contributed by atoms with Gasteiger partial charge in [0.15, 0.2) is 0 Å². The van der Waals surface area contributed by atoms with Crippen molar-refractivity contribution >= 4 is 53.9 Å². The van der Waals surface area contributed by atoms with Crippen molar-refractivity contribution in [3.05, 3.63) is 193 Å². The molecule has 52 heavy (non-hydrogen) atoms. The van der Waals surface area contributed by atoms with Gasteiger partial charge in [0.25, 0.3) is 0 Å². The average molecular weight is 661 g/mol. The first-order valence-corrected chi connectivity index (χ1v) is 18.2. The van der Waals surface area contributed by atoms with Gasteiger partial charge >= 0.3 is 0 Å². The molecular formula is C52H36. The van der Waals surface area contributed by atoms with Gasteiger partial charge < -0.3 is 0 Å². The number of hydrogen-bond donors (Lipinski definition) is 0. The standard InChI is InChI=1S/C52H36/c1-33-23-24-34(2)48(29-33)51-44-19-9-11-21-46(44)52(47-22-12-10-20-45(47)51)50-32-39(30-37-13-3-6-16-41(37)50)35-25-27-36(28-26-35)49-31-38-14-4-5-15-40(38)42-17-7-8-18-43(42)49/h3-32H,1-2H3. The molecule has 0 spiro atoms. The Bertz CT molecular complexity index is 2960. The van der Waals surface area contributed by atoms with E-state index in [4.69, 9.17) is 0 Å². The third-order valence-corrected chi connectivity index (χ3v) is 11.0. The second-order valence-corrected chi connectivity index (χ2v) is 14.2. The van der Waals surface area contributed by atoms with Crippen LogP contribution in [-0.2, 0) is 0 Å². The monoisotopic (exact) mass is 660 g/mol. The zero-order chi connectivity index (χ0) is 34.8. The SMILES string of the molecule is Cc1ccc(C)c(-c2c3ccccc3c(-c3cc(-c4ccc(-c5cc6ccccc6c6ccccc56)cc4)cc4ccccc34)c3ccccc23)c1. The van der Waals surface area contributed by atoms with Crippen LogP contribution in [0.25, 0.3) is 98.4 Å². The molecule has 0 amide bonds. The Hall–Kier alpha value is -6.50. The lowest BCUT2D eigenvalue weighted by Crippen LogP contribution is -1.94. The summed E-state index contributed by atoms with van der Waals surface area (Å²) in [6.07, 6.45) is 0. The number of aryl methyl sites for hydroxylation is 2. The summed E-state index contributed by atoms with van der Waals surface area (Å²) in [7, 11) is 0. The zero-order valence-corrected chi connectivity index (χ0v) is 29.3. The molecule has 0 aliphatic carbocycles. The van der Waals surface area contributed by atoms with E-state index in [1.807, 2.05) is 0 Å². The van der Waals surface area contributed by atoms with E-state index in [2.05, 4.69) is 196 Å². The predicted octanol–water partition coefficient (Wildman–Crippen LogP) is 14.7. The van der Waals surface area contributed by atoms with Gasteiger partial charge in [-0.2, -0.15) is 0 Å². The summed E-state index contributed by atoms with van der Waals surface area (Å²) >= 11 is 0. The molecule has 0 N–H and O–H groups in total. The van der Waals surface area contributed by atoms with Crippen LogP contribution >= 0.6 is 0 Å². The Kier molecular flexibility index (Phi) is 7.05. The highest BCUT2D eigenvalue weighted by molar-refractivity contribution is 6.24. The number of hydrogen-bond acceptors (Lipinski definition) is 0. The fourth-order valence-electron chi connectivity index (χ4n) is 8.53. The molecule has 0 saturated carbocycles. The van der Waals surface area contributed by atoms with E-state index in [0.717, 1.165) is 0 Å². The first-order valence-electron chi connectivity index (χ1n) is 18.2. The van der Waals surface area contributed by atoms with Crippen LogP contribution < -0.4 is 0 Å². The van der Waals surface area contributed by atoms with Gasteiger partial charge in [0.05, 0.1) is 0 Å². The Morgan fingerprint density at radius 2 is 0.750 bits per heavy atom. The van der Waals surface area contributed by atoms with E-state index < -0.39 is 0 Å². The third-order valence-electron chi connectivity index (χ3n) is 11.0. The molecule has 0 heteroatoms. The maximum Gasteiger partial charge on any atom is -0.00199 e. The van der Waals surface area contributed by atoms with E-state index in [1.165, 1.54) is 109 Å². The lowest BCUT2D eigenvalue weighted by Gasteiger charge is -2.20. The molecule has 244 valence electrons. The van der Waals surface area contributed by atoms with Crippen molar-refractivity contribution in [2.45, 2.75) is 13.8 Å². The summed E-state index contributed by atoms with van der Waals surface area (Å²) in [4.78, 5) is 0. The lowest BCUT2D eigenvalue weighted by molar-refractivity contribution is 1.40. The van der Waals surface area contributed by atoms with Gasteiger partial charge in [-0.05, 0) is 136 Å². The molecule has 10 aromatic carbocycles. The molecular weight excluding hydrogens is 625 g/mol. The highest BCUT2D eigenvalue weighted by Gasteiger charge is 2.20. The molecule has 0 aliphatic heterocycles. The summed E-state index contributed by atoms with van der Waals surface area (Å²) < 4.78 is 0. The molecule has 0 nitrogen and oxygen atoms in total. The maximum absolute atomic E-state index is 2.43. The van der Waals surface area contributed by atoms with Crippen molar-refractivity contribution in [1.82, 2.24) is 0 Å². The van der Waals surface area contributed by atoms with E-state index in [9.17, 15) is 0 Å². The van der Waals surface area contributed by atoms with Crippen molar-refractivity contribution in [2.75, 3.05) is 0 Å². The molecule has 0 radical (unpaired) electrons. The van der Waals surface area contributed by atoms with Gasteiger partial charge in [0.2, 0.25) is 0 Å². The van der Waals surface area contributed by atoms with Crippen LogP contribution in [0.5, 0.6) is 0 Å². The van der Waals surface area contributed by atoms with Crippen LogP contribution in [0.1, 0.15) is 11.1 Å². The highest BCUT2D eigenvalue weighted by atomic mass is 14.2. The minimum Gasteiger partial charge on any atom is -0.0616 e. The molecule has 0 aromatic heterocycles. The molecule has 10 rings (SSSR count). The molecule has 0 saturated heterocycles. The van der Waals surface area contributed by atoms with Crippen LogP contribution in [0.4, 0.5) is 0 Å². The first-order chi connectivity index (χ1) is 25.6. The predicted molar refractivity (Wildman–Crippen MR) is 225 cm³/mol. The van der Waals surface area contributed by atoms with Crippen molar-refractivity contribution in [1.29, 1.82) is 0 Å². The van der Waals surface area contributed by atoms with Crippen molar-refractivity contribution in [2.24, 2.45) is 0 Å². The van der Waals surface area contributed by atoms with Gasteiger partial charge in [0, 0.05) is 0 Å². The molecule has 0 bridgehead atoms. The summed E-state index contributed by atoms with van der Waals surface area (Å²) in [5.74, 6) is 0. The van der Waals surface area contributed by atoms with E-state index in [0.29, 0.717) is 0 Å². The molecule has 0 unspecified atom stereocenters. The second kappa shape index (κ2) is 12.1. The van der Waals surface area contributed by atoms with Crippen molar-refractivity contribution in [3.8, 4) is 44.5 Å². The van der Waals surface area contributed by atoms with Gasteiger partial charge in [0.1, 0.15) is 0 Å². The zero-order valence-electron chi connectivity index (χ0n) is 29.3. The van der Waals surface area contributed by atoms with Crippen LogP contribution in [0.3, 0.4) is 0 Å². The fourth-order valence-corrected chi connectivity index (χ4v) is 8.53. The van der Waals surface area contributed by atoms with Gasteiger partial charge in [-0.3, -0.25) is 0 Å². The third kappa shape index (κ3) is 4.83.